The van der Waals surface area contributed by atoms with Gasteiger partial charge in [-0.25, -0.2) is 4.98 Å². The van der Waals surface area contributed by atoms with Gasteiger partial charge in [0.05, 0.1) is 17.1 Å². The molecule has 4 heteroatoms. The zero-order chi connectivity index (χ0) is 21.1. The quantitative estimate of drug-likeness (QED) is 0.474. The van der Waals surface area contributed by atoms with Gasteiger partial charge in [-0.3, -0.25) is 4.79 Å². The molecule has 0 saturated heterocycles. The van der Waals surface area contributed by atoms with E-state index in [0.717, 1.165) is 41.0 Å². The zero-order valence-corrected chi connectivity index (χ0v) is 17.7. The molecule has 0 fully saturated rings. The lowest BCUT2D eigenvalue weighted by molar-refractivity contribution is 0.0937. The maximum atomic E-state index is 12.9. The highest BCUT2D eigenvalue weighted by molar-refractivity contribution is 5.96. The molecule has 1 atom stereocenters. The maximum Gasteiger partial charge on any atom is 0.252 e. The number of imidazole rings is 1. The Balaban J connectivity index is 1.61. The van der Waals surface area contributed by atoms with Crippen molar-refractivity contribution in [3.8, 4) is 0 Å². The van der Waals surface area contributed by atoms with Gasteiger partial charge in [0.15, 0.2) is 0 Å². The summed E-state index contributed by atoms with van der Waals surface area (Å²) in [6.45, 7) is 6.82. The van der Waals surface area contributed by atoms with E-state index in [9.17, 15) is 4.79 Å². The van der Waals surface area contributed by atoms with E-state index in [1.54, 1.807) is 0 Å². The summed E-state index contributed by atoms with van der Waals surface area (Å²) in [6.07, 6.45) is 0.909. The molecule has 4 aromatic rings. The summed E-state index contributed by atoms with van der Waals surface area (Å²) in [7, 11) is 0. The number of aromatic nitrogens is 2. The maximum absolute atomic E-state index is 12.9. The highest BCUT2D eigenvalue weighted by Crippen LogP contribution is 2.22. The minimum atomic E-state index is -0.207. The highest BCUT2D eigenvalue weighted by atomic mass is 16.1. The first kappa shape index (κ1) is 19.9. The molecule has 4 nitrogen and oxygen atoms in total. The van der Waals surface area contributed by atoms with Gasteiger partial charge in [0.25, 0.3) is 5.91 Å². The van der Waals surface area contributed by atoms with Crippen LogP contribution in [0.5, 0.6) is 0 Å². The second-order valence-corrected chi connectivity index (χ2v) is 7.86. The molecule has 30 heavy (non-hydrogen) atoms. The third-order valence-electron chi connectivity index (χ3n) is 5.51. The average molecular weight is 398 g/mol. The van der Waals surface area contributed by atoms with Crippen LogP contribution in [0.4, 0.5) is 0 Å². The largest absolute Gasteiger partial charge is 0.342 e. The molecule has 0 aliphatic carbocycles. The van der Waals surface area contributed by atoms with E-state index < -0.39 is 0 Å². The number of nitrogens with one attached hydrogen (secondary N) is 1. The van der Waals surface area contributed by atoms with E-state index in [1.165, 1.54) is 5.56 Å². The van der Waals surface area contributed by atoms with Crippen molar-refractivity contribution in [1.29, 1.82) is 0 Å². The molecule has 0 radical (unpaired) electrons. The fourth-order valence-corrected chi connectivity index (χ4v) is 3.95. The van der Waals surface area contributed by atoms with Crippen LogP contribution in [0.2, 0.25) is 0 Å². The molecule has 0 aliphatic rings. The predicted molar refractivity (Wildman–Crippen MR) is 122 cm³/mol. The number of hydrogen-bond donors (Lipinski definition) is 1. The number of amides is 1. The normalized spacial score (nSPS) is 12.1. The number of rotatable bonds is 6. The van der Waals surface area contributed by atoms with Crippen LogP contribution < -0.4 is 5.32 Å². The molecule has 1 heterocycles. The van der Waals surface area contributed by atoms with Crippen molar-refractivity contribution in [1.82, 2.24) is 14.9 Å². The Morgan fingerprint density at radius 1 is 1.00 bits per heavy atom. The van der Waals surface area contributed by atoms with E-state index in [4.69, 9.17) is 4.98 Å². The van der Waals surface area contributed by atoms with Gasteiger partial charge in [0.1, 0.15) is 5.82 Å². The summed E-state index contributed by atoms with van der Waals surface area (Å²) in [6, 6.07) is 24.3. The second-order valence-electron chi connectivity index (χ2n) is 7.86. The summed E-state index contributed by atoms with van der Waals surface area (Å²) in [4.78, 5) is 17.8. The van der Waals surface area contributed by atoms with Gasteiger partial charge in [0, 0.05) is 12.1 Å². The Bertz CT molecular complexity index is 1180. The molecule has 1 unspecified atom stereocenters. The molecule has 4 rings (SSSR count). The van der Waals surface area contributed by atoms with E-state index in [0.29, 0.717) is 5.56 Å². The first-order valence-electron chi connectivity index (χ1n) is 10.4. The topological polar surface area (TPSA) is 46.9 Å². The van der Waals surface area contributed by atoms with Crippen molar-refractivity contribution >= 4 is 16.9 Å². The number of hydrogen-bond acceptors (Lipinski definition) is 2. The van der Waals surface area contributed by atoms with Gasteiger partial charge in [0.2, 0.25) is 0 Å². The van der Waals surface area contributed by atoms with Crippen molar-refractivity contribution in [2.24, 2.45) is 0 Å². The number of benzene rings is 3. The number of carbonyl (C=O) groups excluding carboxylic acids is 1. The van der Waals surface area contributed by atoms with Crippen molar-refractivity contribution < 1.29 is 4.79 Å². The van der Waals surface area contributed by atoms with Crippen LogP contribution in [-0.2, 0) is 13.0 Å². The smallest absolute Gasteiger partial charge is 0.252 e. The van der Waals surface area contributed by atoms with Gasteiger partial charge >= 0.3 is 0 Å². The molecular formula is C26H27N3O. The Morgan fingerprint density at radius 2 is 1.73 bits per heavy atom. The second kappa shape index (κ2) is 8.54. The van der Waals surface area contributed by atoms with Gasteiger partial charge in [-0.1, -0.05) is 60.2 Å². The summed E-state index contributed by atoms with van der Waals surface area (Å²) in [5.41, 5.74) is 6.17. The third-order valence-corrected chi connectivity index (χ3v) is 5.51. The fraction of sp³-hybridized carbons (Fsp3) is 0.231. The fourth-order valence-electron chi connectivity index (χ4n) is 3.95. The van der Waals surface area contributed by atoms with Crippen LogP contribution in [0.25, 0.3) is 11.0 Å². The van der Waals surface area contributed by atoms with Crippen LogP contribution in [0, 0.1) is 13.8 Å². The molecule has 0 aliphatic heterocycles. The molecule has 0 saturated carbocycles. The van der Waals surface area contributed by atoms with E-state index in [1.807, 2.05) is 63.2 Å². The van der Waals surface area contributed by atoms with Crippen molar-refractivity contribution in [3.63, 3.8) is 0 Å². The monoisotopic (exact) mass is 397 g/mol. The number of aryl methyl sites for hydroxylation is 4. The van der Waals surface area contributed by atoms with Crippen molar-refractivity contribution in [3.05, 3.63) is 101 Å². The van der Waals surface area contributed by atoms with Crippen LogP contribution in [-0.4, -0.2) is 15.5 Å². The van der Waals surface area contributed by atoms with E-state index >= 15 is 0 Å². The van der Waals surface area contributed by atoms with Crippen LogP contribution in [0.3, 0.4) is 0 Å². The first-order chi connectivity index (χ1) is 14.5. The summed E-state index contributed by atoms with van der Waals surface area (Å²) >= 11 is 0. The molecule has 1 N–H and O–H groups in total. The summed E-state index contributed by atoms with van der Waals surface area (Å²) < 4.78 is 2.23. The predicted octanol–water partition coefficient (Wildman–Crippen LogP) is 5.39. The van der Waals surface area contributed by atoms with Crippen LogP contribution in [0.15, 0.2) is 72.8 Å². The molecule has 3 aromatic carbocycles. The van der Waals surface area contributed by atoms with Gasteiger partial charge in [-0.2, -0.15) is 0 Å². The van der Waals surface area contributed by atoms with Crippen molar-refractivity contribution in [2.75, 3.05) is 0 Å². The third kappa shape index (κ3) is 4.13. The lowest BCUT2D eigenvalue weighted by atomic mass is 10.0. The SMILES string of the molecule is Cc1ccc(C(=O)NC(C)c2nc3ccccc3n2CCc2ccccc2)c(C)c1. The van der Waals surface area contributed by atoms with Gasteiger partial charge < -0.3 is 9.88 Å². The highest BCUT2D eigenvalue weighted by Gasteiger charge is 2.19. The summed E-state index contributed by atoms with van der Waals surface area (Å²) in [5.74, 6) is 0.812. The first-order valence-corrected chi connectivity index (χ1v) is 10.4. The minimum Gasteiger partial charge on any atom is -0.342 e. The number of fused-ring (bicyclic) bond motifs is 1. The number of para-hydroxylation sites is 2. The van der Waals surface area contributed by atoms with E-state index in [-0.39, 0.29) is 11.9 Å². The van der Waals surface area contributed by atoms with Gasteiger partial charge in [-0.05, 0) is 56.5 Å². The molecule has 1 amide bonds. The lowest BCUT2D eigenvalue weighted by Crippen LogP contribution is -2.29. The minimum absolute atomic E-state index is 0.0679. The Labute approximate surface area is 177 Å². The number of nitrogens with zero attached hydrogens (tertiary/aromatic N) is 2. The molecule has 1 aromatic heterocycles. The van der Waals surface area contributed by atoms with Gasteiger partial charge in [-0.15, -0.1) is 0 Å². The zero-order valence-electron chi connectivity index (χ0n) is 17.7. The Kier molecular flexibility index (Phi) is 5.66. The standard InChI is InChI=1S/C26H27N3O/c1-18-13-14-22(19(2)17-18)26(30)27-20(3)25-28-23-11-7-8-12-24(23)29(25)16-15-21-9-5-4-6-10-21/h4-14,17,20H,15-16H2,1-3H3,(H,27,30). The van der Waals surface area contributed by atoms with Crippen molar-refractivity contribution in [2.45, 2.75) is 39.8 Å². The van der Waals surface area contributed by atoms with Crippen LogP contribution >= 0.6 is 0 Å². The molecule has 0 spiro atoms. The average Bonchev–Trinajstić information content (AvgIpc) is 3.11. The molecular weight excluding hydrogens is 370 g/mol. The number of carbonyl (C=O) groups is 1. The summed E-state index contributed by atoms with van der Waals surface area (Å²) in [5, 5.41) is 3.15. The molecule has 0 bridgehead atoms. The van der Waals surface area contributed by atoms with Crippen LogP contribution in [0.1, 0.15) is 45.8 Å². The lowest BCUT2D eigenvalue weighted by Gasteiger charge is -2.17. The molecule has 152 valence electrons. The Hall–Kier alpha value is -3.40. The van der Waals surface area contributed by atoms with E-state index in [2.05, 4.69) is 40.2 Å². The Morgan fingerprint density at radius 3 is 2.50 bits per heavy atom.